The van der Waals surface area contributed by atoms with Gasteiger partial charge in [-0.05, 0) is 29.8 Å². The summed E-state index contributed by atoms with van der Waals surface area (Å²) in [6.07, 6.45) is 3.68. The lowest BCUT2D eigenvalue weighted by atomic mass is 10.0. The smallest absolute Gasteiger partial charge is 0.256 e. The summed E-state index contributed by atoms with van der Waals surface area (Å²) in [6.45, 7) is 0. The summed E-state index contributed by atoms with van der Waals surface area (Å²) in [7, 11) is 0. The highest BCUT2D eigenvalue weighted by atomic mass is 16.2. The van der Waals surface area contributed by atoms with Crippen molar-refractivity contribution in [1.82, 2.24) is 4.98 Å². The molecule has 21 heavy (non-hydrogen) atoms. The standard InChI is InChI=1S/C18H12N2O/c21-18-15(14-6-2-4-8-17(14)20-18)10-12-9-13-5-1-3-7-16(13)19-11-12/h1-11H,(H,20,21)/b15-10-. The van der Waals surface area contributed by atoms with E-state index in [1.54, 1.807) is 6.20 Å². The lowest BCUT2D eigenvalue weighted by Gasteiger charge is -2.00. The number of rotatable bonds is 1. The number of pyridine rings is 1. The lowest BCUT2D eigenvalue weighted by molar-refractivity contribution is -0.110. The first-order valence-electron chi connectivity index (χ1n) is 6.78. The van der Waals surface area contributed by atoms with Gasteiger partial charge in [-0.25, -0.2) is 0 Å². The highest BCUT2D eigenvalue weighted by molar-refractivity contribution is 6.34. The number of aromatic nitrogens is 1. The van der Waals surface area contributed by atoms with Crippen molar-refractivity contribution in [3.63, 3.8) is 0 Å². The fourth-order valence-electron chi connectivity index (χ4n) is 2.62. The van der Waals surface area contributed by atoms with Crippen LogP contribution >= 0.6 is 0 Å². The van der Waals surface area contributed by atoms with Gasteiger partial charge in [-0.1, -0.05) is 36.4 Å². The van der Waals surface area contributed by atoms with E-state index < -0.39 is 0 Å². The molecule has 1 aliphatic heterocycles. The number of nitrogens with zero attached hydrogens (tertiary/aromatic N) is 1. The molecule has 3 nitrogen and oxygen atoms in total. The average Bonchev–Trinajstić information content (AvgIpc) is 2.83. The van der Waals surface area contributed by atoms with Crippen LogP contribution in [0.15, 0.2) is 60.8 Å². The summed E-state index contributed by atoms with van der Waals surface area (Å²) in [4.78, 5) is 16.5. The molecule has 0 radical (unpaired) electrons. The molecule has 100 valence electrons. The Balaban J connectivity index is 1.84. The van der Waals surface area contributed by atoms with E-state index in [-0.39, 0.29) is 5.91 Å². The molecule has 1 amide bonds. The van der Waals surface area contributed by atoms with Crippen molar-refractivity contribution < 1.29 is 4.79 Å². The molecular formula is C18H12N2O. The zero-order chi connectivity index (χ0) is 14.2. The van der Waals surface area contributed by atoms with Crippen LogP contribution in [0.25, 0.3) is 22.6 Å². The Kier molecular flexibility index (Phi) is 2.57. The molecule has 1 aliphatic rings. The van der Waals surface area contributed by atoms with Crippen molar-refractivity contribution in [3.05, 3.63) is 71.9 Å². The first kappa shape index (κ1) is 11.9. The number of hydrogen-bond donors (Lipinski definition) is 1. The summed E-state index contributed by atoms with van der Waals surface area (Å²) < 4.78 is 0. The Labute approximate surface area is 122 Å². The van der Waals surface area contributed by atoms with E-state index in [1.807, 2.05) is 60.7 Å². The first-order valence-corrected chi connectivity index (χ1v) is 6.78. The third-order valence-corrected chi connectivity index (χ3v) is 3.63. The fourth-order valence-corrected chi connectivity index (χ4v) is 2.62. The Morgan fingerprint density at radius 1 is 1.00 bits per heavy atom. The summed E-state index contributed by atoms with van der Waals surface area (Å²) >= 11 is 0. The van der Waals surface area contributed by atoms with Gasteiger partial charge in [0.1, 0.15) is 0 Å². The van der Waals surface area contributed by atoms with Crippen molar-refractivity contribution in [3.8, 4) is 0 Å². The first-order chi connectivity index (χ1) is 10.3. The van der Waals surface area contributed by atoms with Crippen LogP contribution in [0.1, 0.15) is 11.1 Å². The number of benzene rings is 2. The van der Waals surface area contributed by atoms with Crippen LogP contribution in [0.3, 0.4) is 0 Å². The van der Waals surface area contributed by atoms with Crippen molar-refractivity contribution in [1.29, 1.82) is 0 Å². The molecule has 0 aliphatic carbocycles. The second kappa shape index (κ2) is 4.56. The van der Waals surface area contributed by atoms with E-state index in [0.29, 0.717) is 5.57 Å². The van der Waals surface area contributed by atoms with Gasteiger partial charge in [0.15, 0.2) is 0 Å². The summed E-state index contributed by atoms with van der Waals surface area (Å²) in [5.41, 5.74) is 4.37. The van der Waals surface area contributed by atoms with E-state index in [9.17, 15) is 4.79 Å². The van der Waals surface area contributed by atoms with Gasteiger partial charge >= 0.3 is 0 Å². The highest BCUT2D eigenvalue weighted by Gasteiger charge is 2.23. The molecule has 0 unspecified atom stereocenters. The van der Waals surface area contributed by atoms with Gasteiger partial charge in [0.2, 0.25) is 0 Å². The molecule has 2 heterocycles. The minimum absolute atomic E-state index is 0.0654. The minimum atomic E-state index is -0.0654. The van der Waals surface area contributed by atoms with Crippen molar-refractivity contribution in [2.45, 2.75) is 0 Å². The number of carbonyl (C=O) groups is 1. The Morgan fingerprint density at radius 2 is 1.81 bits per heavy atom. The van der Waals surface area contributed by atoms with Crippen LogP contribution in [0.5, 0.6) is 0 Å². The number of para-hydroxylation sites is 2. The van der Waals surface area contributed by atoms with Crippen LogP contribution in [0, 0.1) is 0 Å². The summed E-state index contributed by atoms with van der Waals surface area (Å²) in [6, 6.07) is 17.7. The quantitative estimate of drug-likeness (QED) is 0.686. The van der Waals surface area contributed by atoms with Gasteiger partial charge in [0.05, 0.1) is 5.52 Å². The zero-order valence-electron chi connectivity index (χ0n) is 11.2. The van der Waals surface area contributed by atoms with E-state index >= 15 is 0 Å². The second-order valence-corrected chi connectivity index (χ2v) is 5.02. The third-order valence-electron chi connectivity index (χ3n) is 3.63. The van der Waals surface area contributed by atoms with E-state index in [0.717, 1.165) is 27.7 Å². The van der Waals surface area contributed by atoms with Crippen LogP contribution < -0.4 is 5.32 Å². The van der Waals surface area contributed by atoms with Gasteiger partial charge in [0, 0.05) is 28.4 Å². The van der Waals surface area contributed by atoms with Crippen LogP contribution in [0.4, 0.5) is 5.69 Å². The highest BCUT2D eigenvalue weighted by Crippen LogP contribution is 2.32. The summed E-state index contributed by atoms with van der Waals surface area (Å²) in [5, 5.41) is 3.95. The maximum Gasteiger partial charge on any atom is 0.256 e. The van der Waals surface area contributed by atoms with Crippen molar-refractivity contribution >= 4 is 34.1 Å². The average molecular weight is 272 g/mol. The molecule has 0 saturated carbocycles. The Bertz CT molecular complexity index is 896. The molecule has 2 aromatic carbocycles. The predicted octanol–water partition coefficient (Wildman–Crippen LogP) is 3.73. The van der Waals surface area contributed by atoms with Gasteiger partial charge < -0.3 is 5.32 Å². The number of fused-ring (bicyclic) bond motifs is 2. The SMILES string of the molecule is O=C1Nc2ccccc2/C1=C/c1cnc2ccccc2c1. The van der Waals surface area contributed by atoms with Gasteiger partial charge in [-0.15, -0.1) is 0 Å². The van der Waals surface area contributed by atoms with Gasteiger partial charge in [-0.3, -0.25) is 9.78 Å². The molecule has 0 fully saturated rings. The van der Waals surface area contributed by atoms with Crippen molar-refractivity contribution in [2.75, 3.05) is 5.32 Å². The second-order valence-electron chi connectivity index (χ2n) is 5.02. The number of hydrogen-bond acceptors (Lipinski definition) is 2. The third kappa shape index (κ3) is 1.99. The monoisotopic (exact) mass is 272 g/mol. The topological polar surface area (TPSA) is 42.0 Å². The molecular weight excluding hydrogens is 260 g/mol. The van der Waals surface area contributed by atoms with Crippen molar-refractivity contribution in [2.24, 2.45) is 0 Å². The minimum Gasteiger partial charge on any atom is -0.321 e. The molecule has 4 rings (SSSR count). The fraction of sp³-hybridized carbons (Fsp3) is 0. The van der Waals surface area contributed by atoms with Crippen LogP contribution in [-0.4, -0.2) is 10.9 Å². The molecule has 3 aromatic rings. The molecule has 0 spiro atoms. The summed E-state index contributed by atoms with van der Waals surface area (Å²) in [5.74, 6) is -0.0654. The largest absolute Gasteiger partial charge is 0.321 e. The number of carbonyl (C=O) groups excluding carboxylic acids is 1. The van der Waals surface area contributed by atoms with E-state index in [1.165, 1.54) is 0 Å². The maximum absolute atomic E-state index is 12.1. The molecule has 1 N–H and O–H groups in total. The van der Waals surface area contributed by atoms with Gasteiger partial charge in [0.25, 0.3) is 5.91 Å². The zero-order valence-corrected chi connectivity index (χ0v) is 11.2. The number of anilines is 1. The van der Waals surface area contributed by atoms with Crippen LogP contribution in [0.2, 0.25) is 0 Å². The molecule has 3 heteroatoms. The molecule has 0 saturated heterocycles. The molecule has 0 atom stereocenters. The molecule has 1 aromatic heterocycles. The Hall–Kier alpha value is -2.94. The normalized spacial score (nSPS) is 15.2. The molecule has 0 bridgehead atoms. The van der Waals surface area contributed by atoms with E-state index in [2.05, 4.69) is 10.3 Å². The van der Waals surface area contributed by atoms with Crippen LogP contribution in [-0.2, 0) is 4.79 Å². The van der Waals surface area contributed by atoms with E-state index in [4.69, 9.17) is 0 Å². The number of nitrogens with one attached hydrogen (secondary N) is 1. The number of amides is 1. The maximum atomic E-state index is 12.1. The predicted molar refractivity (Wildman–Crippen MR) is 84.7 cm³/mol. The Morgan fingerprint density at radius 3 is 2.76 bits per heavy atom. The lowest BCUT2D eigenvalue weighted by Crippen LogP contribution is -2.03. The van der Waals surface area contributed by atoms with Gasteiger partial charge in [-0.2, -0.15) is 0 Å².